The van der Waals surface area contributed by atoms with Gasteiger partial charge in [0.25, 0.3) is 0 Å². The number of halogens is 1. The van der Waals surface area contributed by atoms with E-state index in [1.807, 2.05) is 0 Å². The summed E-state index contributed by atoms with van der Waals surface area (Å²) in [5, 5.41) is 12.5. The fraction of sp³-hybridized carbons (Fsp3) is 0.467. The van der Waals surface area contributed by atoms with Crippen molar-refractivity contribution < 1.29 is 24.2 Å². The molecule has 0 unspecified atom stereocenters. The Bertz CT molecular complexity index is 539. The Kier molecular flexibility index (Phi) is 8.21. The second-order valence-corrected chi connectivity index (χ2v) is 5.16. The Hall–Kier alpha value is -1.99. The van der Waals surface area contributed by atoms with Crippen LogP contribution in [-0.2, 0) is 14.3 Å². The molecule has 0 aliphatic heterocycles. The summed E-state index contributed by atoms with van der Waals surface area (Å²) >= 11 is 5.93. The number of amides is 1. The summed E-state index contributed by atoms with van der Waals surface area (Å²) in [7, 11) is 3.04. The van der Waals surface area contributed by atoms with E-state index in [0.29, 0.717) is 23.0 Å². The fourth-order valence-corrected chi connectivity index (χ4v) is 2.11. The highest BCUT2D eigenvalue weighted by Gasteiger charge is 2.16. The van der Waals surface area contributed by atoms with E-state index in [0.717, 1.165) is 0 Å². The minimum absolute atomic E-state index is 0.145. The number of nitrogens with zero attached hydrogens (tertiary/aromatic N) is 1. The van der Waals surface area contributed by atoms with E-state index >= 15 is 0 Å². The van der Waals surface area contributed by atoms with Gasteiger partial charge < -0.3 is 24.8 Å². The lowest BCUT2D eigenvalue weighted by Gasteiger charge is -2.20. The molecule has 2 N–H and O–H groups in total. The van der Waals surface area contributed by atoms with Crippen LogP contribution in [0.2, 0.25) is 5.02 Å². The second kappa shape index (κ2) is 9.91. The zero-order chi connectivity index (χ0) is 17.2. The lowest BCUT2D eigenvalue weighted by molar-refractivity contribution is -0.144. The summed E-state index contributed by atoms with van der Waals surface area (Å²) in [6.07, 6.45) is 0.145. The van der Waals surface area contributed by atoms with Gasteiger partial charge in [0.1, 0.15) is 12.3 Å². The van der Waals surface area contributed by atoms with Crippen LogP contribution in [-0.4, -0.2) is 62.3 Å². The molecule has 1 aromatic rings. The van der Waals surface area contributed by atoms with Crippen LogP contribution in [0.15, 0.2) is 18.2 Å². The van der Waals surface area contributed by atoms with Gasteiger partial charge in [0.05, 0.1) is 19.4 Å². The Balaban J connectivity index is 2.56. The second-order valence-electron chi connectivity index (χ2n) is 4.72. The molecule has 0 saturated heterocycles. The third-order valence-electron chi connectivity index (χ3n) is 3.06. The Morgan fingerprint density at radius 3 is 2.70 bits per heavy atom. The minimum atomic E-state index is -1.06. The summed E-state index contributed by atoms with van der Waals surface area (Å²) < 4.78 is 10.1. The van der Waals surface area contributed by atoms with E-state index in [-0.39, 0.29) is 32.0 Å². The van der Waals surface area contributed by atoms with Crippen LogP contribution in [0.5, 0.6) is 5.75 Å². The van der Waals surface area contributed by atoms with Crippen molar-refractivity contribution in [3.05, 3.63) is 23.2 Å². The van der Waals surface area contributed by atoms with Crippen molar-refractivity contribution in [2.24, 2.45) is 0 Å². The smallest absolute Gasteiger partial charge is 0.323 e. The largest absolute Gasteiger partial charge is 0.495 e. The molecular formula is C15H21ClN2O5. The molecule has 0 atom stereocenters. The Morgan fingerprint density at radius 2 is 2.09 bits per heavy atom. The van der Waals surface area contributed by atoms with E-state index in [1.165, 1.54) is 12.0 Å². The molecule has 1 aromatic carbocycles. The molecule has 0 radical (unpaired) electrons. The number of methoxy groups -OCH3 is 2. The van der Waals surface area contributed by atoms with Crippen molar-refractivity contribution in [3.8, 4) is 5.75 Å². The number of hydrogen-bond acceptors (Lipinski definition) is 5. The lowest BCUT2D eigenvalue weighted by Crippen LogP contribution is -2.38. The maximum atomic E-state index is 12.1. The fourth-order valence-electron chi connectivity index (χ4n) is 1.94. The van der Waals surface area contributed by atoms with Crippen molar-refractivity contribution in [1.29, 1.82) is 0 Å². The zero-order valence-electron chi connectivity index (χ0n) is 13.2. The number of hydrogen-bond donors (Lipinski definition) is 2. The number of rotatable bonds is 10. The first kappa shape index (κ1) is 19.1. The average Bonchev–Trinajstić information content (AvgIpc) is 2.51. The molecule has 7 nitrogen and oxygen atoms in total. The van der Waals surface area contributed by atoms with Crippen LogP contribution in [0.3, 0.4) is 0 Å². The number of carboxylic acids is 1. The summed E-state index contributed by atoms with van der Waals surface area (Å²) in [4.78, 5) is 24.2. The van der Waals surface area contributed by atoms with Crippen molar-refractivity contribution in [3.63, 3.8) is 0 Å². The number of ether oxygens (including phenoxy) is 2. The molecule has 0 saturated carbocycles. The first-order valence-electron chi connectivity index (χ1n) is 7.03. The van der Waals surface area contributed by atoms with Gasteiger partial charge in [-0.25, -0.2) is 0 Å². The highest BCUT2D eigenvalue weighted by atomic mass is 35.5. The molecule has 1 rings (SSSR count). The standard InChI is InChI=1S/C15H21ClN2O5/c1-22-8-7-18(10-15(20)21)14(19)5-6-17-12-9-11(16)3-4-13(12)23-2/h3-4,9,17H,5-8,10H2,1-2H3,(H,20,21). The van der Waals surface area contributed by atoms with Crippen LogP contribution in [0.4, 0.5) is 5.69 Å². The van der Waals surface area contributed by atoms with Crippen molar-refractivity contribution >= 4 is 29.2 Å². The van der Waals surface area contributed by atoms with Gasteiger partial charge in [-0.15, -0.1) is 0 Å². The first-order chi connectivity index (χ1) is 11.0. The van der Waals surface area contributed by atoms with Gasteiger partial charge >= 0.3 is 5.97 Å². The van der Waals surface area contributed by atoms with E-state index in [4.69, 9.17) is 26.2 Å². The molecule has 0 bridgehead atoms. The van der Waals surface area contributed by atoms with Crippen molar-refractivity contribution in [2.45, 2.75) is 6.42 Å². The molecule has 128 valence electrons. The van der Waals surface area contributed by atoms with E-state index in [1.54, 1.807) is 25.3 Å². The summed E-state index contributed by atoms with van der Waals surface area (Å²) in [6.45, 7) is 0.512. The highest BCUT2D eigenvalue weighted by Crippen LogP contribution is 2.27. The average molecular weight is 345 g/mol. The van der Waals surface area contributed by atoms with E-state index < -0.39 is 5.97 Å². The van der Waals surface area contributed by atoms with Gasteiger partial charge in [-0.1, -0.05) is 11.6 Å². The normalized spacial score (nSPS) is 10.2. The predicted octanol–water partition coefficient (Wildman–Crippen LogP) is 1.71. The maximum absolute atomic E-state index is 12.1. The maximum Gasteiger partial charge on any atom is 0.323 e. The lowest BCUT2D eigenvalue weighted by atomic mass is 10.2. The third-order valence-corrected chi connectivity index (χ3v) is 3.30. The molecule has 0 heterocycles. The number of benzene rings is 1. The number of carboxylic acid groups (broad SMARTS) is 1. The van der Waals surface area contributed by atoms with Crippen LogP contribution in [0.1, 0.15) is 6.42 Å². The minimum Gasteiger partial charge on any atom is -0.495 e. The van der Waals surface area contributed by atoms with Crippen LogP contribution in [0.25, 0.3) is 0 Å². The van der Waals surface area contributed by atoms with Gasteiger partial charge in [-0.05, 0) is 18.2 Å². The zero-order valence-corrected chi connectivity index (χ0v) is 13.9. The summed E-state index contributed by atoms with van der Waals surface area (Å²) in [6, 6.07) is 5.13. The van der Waals surface area contributed by atoms with Gasteiger partial charge in [-0.3, -0.25) is 9.59 Å². The van der Waals surface area contributed by atoms with Gasteiger partial charge in [-0.2, -0.15) is 0 Å². The molecule has 8 heteroatoms. The third kappa shape index (κ3) is 6.75. The monoisotopic (exact) mass is 344 g/mol. The molecule has 0 aliphatic rings. The summed E-state index contributed by atoms with van der Waals surface area (Å²) in [5.74, 6) is -0.708. The number of aliphatic carboxylic acids is 1. The topological polar surface area (TPSA) is 88.1 Å². The Labute approximate surface area is 140 Å². The van der Waals surface area contributed by atoms with Crippen molar-refractivity contribution in [2.75, 3.05) is 45.8 Å². The van der Waals surface area contributed by atoms with Gasteiger partial charge in [0.15, 0.2) is 0 Å². The molecule has 0 aromatic heterocycles. The molecular weight excluding hydrogens is 324 g/mol. The molecule has 23 heavy (non-hydrogen) atoms. The van der Waals surface area contributed by atoms with E-state index in [9.17, 15) is 9.59 Å². The SMILES string of the molecule is COCCN(CC(=O)O)C(=O)CCNc1cc(Cl)ccc1OC. The van der Waals surface area contributed by atoms with Gasteiger partial charge in [0, 0.05) is 31.6 Å². The first-order valence-corrected chi connectivity index (χ1v) is 7.41. The van der Waals surface area contributed by atoms with E-state index in [2.05, 4.69) is 5.32 Å². The predicted molar refractivity (Wildman–Crippen MR) is 87.2 cm³/mol. The molecule has 1 amide bonds. The summed E-state index contributed by atoms with van der Waals surface area (Å²) in [5.41, 5.74) is 0.675. The molecule has 0 aliphatic carbocycles. The van der Waals surface area contributed by atoms with Crippen LogP contribution < -0.4 is 10.1 Å². The quantitative estimate of drug-likeness (QED) is 0.672. The number of carbonyl (C=O) groups is 2. The highest BCUT2D eigenvalue weighted by molar-refractivity contribution is 6.30. The van der Waals surface area contributed by atoms with Crippen LogP contribution >= 0.6 is 11.6 Å². The van der Waals surface area contributed by atoms with Crippen LogP contribution in [0, 0.1) is 0 Å². The number of carbonyl (C=O) groups excluding carboxylic acids is 1. The molecule has 0 fully saturated rings. The molecule has 0 spiro atoms. The van der Waals surface area contributed by atoms with Crippen molar-refractivity contribution in [1.82, 2.24) is 4.90 Å². The van der Waals surface area contributed by atoms with Gasteiger partial charge in [0.2, 0.25) is 5.91 Å². The number of nitrogens with one attached hydrogen (secondary N) is 1. The number of anilines is 1. The Morgan fingerprint density at radius 1 is 1.35 bits per heavy atom.